The smallest absolute Gasteiger partial charge is 0.175 e. The Bertz CT molecular complexity index is 1160. The number of ether oxygens (including phenoxy) is 1. The fraction of sp³-hybridized carbons (Fsp3) is 0.238. The van der Waals surface area contributed by atoms with Crippen LogP contribution in [-0.4, -0.2) is 56.1 Å². The lowest BCUT2D eigenvalue weighted by molar-refractivity contribution is 0.122. The van der Waals surface area contributed by atoms with Crippen molar-refractivity contribution in [1.82, 2.24) is 9.97 Å². The summed E-state index contributed by atoms with van der Waals surface area (Å²) < 4.78 is 29.2. The van der Waals surface area contributed by atoms with Crippen molar-refractivity contribution in [3.05, 3.63) is 54.6 Å². The van der Waals surface area contributed by atoms with Crippen molar-refractivity contribution < 1.29 is 18.3 Å². The lowest BCUT2D eigenvalue weighted by Crippen LogP contribution is -2.36. The van der Waals surface area contributed by atoms with Gasteiger partial charge in [0, 0.05) is 36.7 Å². The summed E-state index contributed by atoms with van der Waals surface area (Å²) in [7, 11) is -3.32. The zero-order valence-electron chi connectivity index (χ0n) is 16.4. The van der Waals surface area contributed by atoms with Crippen LogP contribution in [-0.2, 0) is 14.6 Å². The summed E-state index contributed by atoms with van der Waals surface area (Å²) in [5.41, 5.74) is 1.28. The second-order valence-electron chi connectivity index (χ2n) is 7.01. The number of phenolic OH excluding ortho intramolecular Hbond substituents is 1. The molecule has 2 aromatic carbocycles. The van der Waals surface area contributed by atoms with Crippen LogP contribution in [0.5, 0.6) is 5.75 Å². The highest BCUT2D eigenvalue weighted by Gasteiger charge is 2.16. The predicted molar refractivity (Wildman–Crippen MR) is 115 cm³/mol. The molecule has 0 atom stereocenters. The lowest BCUT2D eigenvalue weighted by atomic mass is 10.2. The Morgan fingerprint density at radius 2 is 1.80 bits per heavy atom. The van der Waals surface area contributed by atoms with Gasteiger partial charge in [0.15, 0.2) is 15.7 Å². The number of hydrogen-bond donors (Lipinski definition) is 2. The minimum Gasteiger partial charge on any atom is -0.508 e. The number of anilines is 3. The number of rotatable bonds is 5. The van der Waals surface area contributed by atoms with E-state index in [0.29, 0.717) is 49.2 Å². The molecule has 1 aliphatic rings. The van der Waals surface area contributed by atoms with Gasteiger partial charge in [-0.1, -0.05) is 18.2 Å². The lowest BCUT2D eigenvalue weighted by Gasteiger charge is -2.28. The molecule has 8 nitrogen and oxygen atoms in total. The van der Waals surface area contributed by atoms with Crippen molar-refractivity contribution in [1.29, 1.82) is 0 Å². The number of sulfone groups is 1. The van der Waals surface area contributed by atoms with Crippen LogP contribution in [0.1, 0.15) is 0 Å². The maximum atomic E-state index is 11.9. The topological polar surface area (TPSA) is 105 Å². The Balaban J connectivity index is 1.74. The van der Waals surface area contributed by atoms with E-state index in [1.54, 1.807) is 42.5 Å². The van der Waals surface area contributed by atoms with Crippen molar-refractivity contribution in [2.24, 2.45) is 0 Å². The van der Waals surface area contributed by atoms with E-state index in [9.17, 15) is 13.5 Å². The second kappa shape index (κ2) is 8.29. The quantitative estimate of drug-likeness (QED) is 0.642. The number of phenols is 1. The van der Waals surface area contributed by atoms with Gasteiger partial charge >= 0.3 is 0 Å². The van der Waals surface area contributed by atoms with Crippen LogP contribution in [0.25, 0.3) is 11.4 Å². The summed E-state index contributed by atoms with van der Waals surface area (Å²) in [4.78, 5) is 11.6. The summed E-state index contributed by atoms with van der Waals surface area (Å²) in [5, 5.41) is 13.0. The molecule has 0 amide bonds. The number of hydrogen-bond acceptors (Lipinski definition) is 8. The first-order chi connectivity index (χ1) is 14.4. The Hall–Kier alpha value is -3.17. The molecule has 1 fully saturated rings. The highest BCUT2D eigenvalue weighted by molar-refractivity contribution is 7.90. The third-order valence-electron chi connectivity index (χ3n) is 4.69. The molecular formula is C21H22N4O4S. The van der Waals surface area contributed by atoms with Crippen LogP contribution in [0.15, 0.2) is 59.5 Å². The van der Waals surface area contributed by atoms with E-state index in [4.69, 9.17) is 4.74 Å². The van der Waals surface area contributed by atoms with E-state index in [1.165, 1.54) is 6.26 Å². The highest BCUT2D eigenvalue weighted by atomic mass is 32.2. The number of morpholine rings is 1. The van der Waals surface area contributed by atoms with E-state index in [-0.39, 0.29) is 10.6 Å². The number of benzene rings is 2. The molecule has 3 aromatic rings. The predicted octanol–water partition coefficient (Wildman–Crippen LogP) is 2.83. The second-order valence-corrected chi connectivity index (χ2v) is 9.03. The first kappa shape index (κ1) is 20.1. The molecule has 2 N–H and O–H groups in total. The third-order valence-corrected chi connectivity index (χ3v) is 5.80. The van der Waals surface area contributed by atoms with Crippen molar-refractivity contribution in [2.45, 2.75) is 4.90 Å². The summed E-state index contributed by atoms with van der Waals surface area (Å²) in [6, 6.07) is 15.2. The monoisotopic (exact) mass is 426 g/mol. The summed E-state index contributed by atoms with van der Waals surface area (Å²) in [6.45, 7) is 2.65. The maximum Gasteiger partial charge on any atom is 0.175 e. The SMILES string of the molecule is CS(=O)(=O)c1cccc(Nc2cc(N3CCOCC3)nc(-c3cccc(O)c3)n2)c1. The van der Waals surface area contributed by atoms with Gasteiger partial charge < -0.3 is 20.1 Å². The molecule has 0 saturated carbocycles. The van der Waals surface area contributed by atoms with Crippen molar-refractivity contribution in [3.63, 3.8) is 0 Å². The van der Waals surface area contributed by atoms with Crippen LogP contribution >= 0.6 is 0 Å². The number of aromatic nitrogens is 2. The zero-order chi connectivity index (χ0) is 21.1. The molecule has 9 heteroatoms. The summed E-state index contributed by atoms with van der Waals surface area (Å²) >= 11 is 0. The van der Waals surface area contributed by atoms with Crippen LogP contribution in [0.2, 0.25) is 0 Å². The minimum absolute atomic E-state index is 0.128. The normalized spacial score (nSPS) is 14.5. The van der Waals surface area contributed by atoms with Crippen LogP contribution in [0, 0.1) is 0 Å². The molecule has 0 radical (unpaired) electrons. The highest BCUT2D eigenvalue weighted by Crippen LogP contribution is 2.27. The number of aromatic hydroxyl groups is 1. The molecule has 30 heavy (non-hydrogen) atoms. The van der Waals surface area contributed by atoms with E-state index < -0.39 is 9.84 Å². The molecule has 0 unspecified atom stereocenters. The molecule has 1 aromatic heterocycles. The van der Waals surface area contributed by atoms with Gasteiger partial charge in [0.1, 0.15) is 17.4 Å². The molecular weight excluding hydrogens is 404 g/mol. The van der Waals surface area contributed by atoms with E-state index in [0.717, 1.165) is 5.82 Å². The van der Waals surface area contributed by atoms with Crippen LogP contribution in [0.4, 0.5) is 17.3 Å². The molecule has 4 rings (SSSR count). The largest absolute Gasteiger partial charge is 0.508 e. The first-order valence-corrected chi connectivity index (χ1v) is 11.4. The molecule has 0 bridgehead atoms. The zero-order valence-corrected chi connectivity index (χ0v) is 17.3. The number of nitrogens with zero attached hydrogens (tertiary/aromatic N) is 3. The van der Waals surface area contributed by atoms with Gasteiger partial charge in [0.05, 0.1) is 18.1 Å². The molecule has 1 saturated heterocycles. The van der Waals surface area contributed by atoms with Crippen molar-refractivity contribution >= 4 is 27.2 Å². The minimum atomic E-state index is -3.32. The van der Waals surface area contributed by atoms with Crippen molar-refractivity contribution in [3.8, 4) is 17.1 Å². The third kappa shape index (κ3) is 4.69. The summed E-state index contributed by atoms with van der Waals surface area (Å²) in [6.07, 6.45) is 1.17. The molecule has 0 aliphatic carbocycles. The van der Waals surface area contributed by atoms with E-state index >= 15 is 0 Å². The van der Waals surface area contributed by atoms with Gasteiger partial charge in [0.25, 0.3) is 0 Å². The standard InChI is InChI=1S/C21H22N4O4S/c1-30(27,28)18-7-3-5-16(13-18)22-19-14-20(25-8-10-29-11-9-25)24-21(23-19)15-4-2-6-17(26)12-15/h2-7,12-14,26H,8-11H2,1H3,(H,22,23,24). The Labute approximate surface area is 175 Å². The Kier molecular flexibility index (Phi) is 5.56. The fourth-order valence-electron chi connectivity index (χ4n) is 3.18. The van der Waals surface area contributed by atoms with Crippen molar-refractivity contribution in [2.75, 3.05) is 42.8 Å². The first-order valence-electron chi connectivity index (χ1n) is 9.47. The molecule has 0 spiro atoms. The van der Waals surface area contributed by atoms with Gasteiger partial charge in [-0.3, -0.25) is 0 Å². The molecule has 156 valence electrons. The van der Waals surface area contributed by atoms with Gasteiger partial charge in [-0.25, -0.2) is 18.4 Å². The maximum absolute atomic E-state index is 11.9. The van der Waals surface area contributed by atoms with E-state index in [1.807, 2.05) is 12.1 Å². The Morgan fingerprint density at radius 1 is 1.03 bits per heavy atom. The fourth-order valence-corrected chi connectivity index (χ4v) is 3.85. The van der Waals surface area contributed by atoms with Crippen LogP contribution in [0.3, 0.4) is 0 Å². The molecule has 1 aliphatic heterocycles. The summed E-state index contributed by atoms with van der Waals surface area (Å²) in [5.74, 6) is 1.84. The molecule has 2 heterocycles. The van der Waals surface area contributed by atoms with E-state index in [2.05, 4.69) is 20.2 Å². The number of nitrogens with one attached hydrogen (secondary N) is 1. The average molecular weight is 426 g/mol. The van der Waals surface area contributed by atoms with Gasteiger partial charge in [0.2, 0.25) is 0 Å². The van der Waals surface area contributed by atoms with Gasteiger partial charge in [-0.15, -0.1) is 0 Å². The van der Waals surface area contributed by atoms with Gasteiger partial charge in [-0.2, -0.15) is 0 Å². The van der Waals surface area contributed by atoms with Crippen LogP contribution < -0.4 is 10.2 Å². The Morgan fingerprint density at radius 3 is 2.53 bits per heavy atom. The van der Waals surface area contributed by atoms with Gasteiger partial charge in [-0.05, 0) is 30.3 Å². The average Bonchev–Trinajstić information content (AvgIpc) is 2.74.